The van der Waals surface area contributed by atoms with Gasteiger partial charge in [-0.25, -0.2) is 0 Å². The van der Waals surface area contributed by atoms with Crippen LogP contribution in [0.3, 0.4) is 0 Å². The lowest BCUT2D eigenvalue weighted by molar-refractivity contribution is -0.294. The molecule has 2 heterocycles. The standard InChI is InChI=1S/C14H19NO5/c1-4-5-8-6-7-9(16)10-14(8)11(17)13(2,20-10)15(19-3)12(14)18/h4-11,16-17H,1-3H3/b5-4+/t8-,9-,10+,11+,13-,14+/m0/s1. The number of ether oxygens (including phenoxy) is 1. The summed E-state index contributed by atoms with van der Waals surface area (Å²) in [6.07, 6.45) is 4.25. The van der Waals surface area contributed by atoms with Crippen molar-refractivity contribution in [3.63, 3.8) is 0 Å². The number of nitrogens with zero attached hydrogens (tertiary/aromatic N) is 1. The Morgan fingerprint density at radius 2 is 2.15 bits per heavy atom. The predicted molar refractivity (Wildman–Crippen MR) is 69.0 cm³/mol. The van der Waals surface area contributed by atoms with Gasteiger partial charge in [-0.2, -0.15) is 5.06 Å². The first-order valence-electron chi connectivity index (χ1n) is 6.68. The second-order valence-electron chi connectivity index (χ2n) is 5.64. The van der Waals surface area contributed by atoms with Crippen LogP contribution in [-0.2, 0) is 14.4 Å². The SMILES string of the molecule is C/C=C/[C@H]1C=C[C@H](O)[C@H]2O[C@@]3(C)[C@@H](O)[C@@]12C(=O)N3OC. The van der Waals surface area contributed by atoms with Crippen LogP contribution >= 0.6 is 0 Å². The molecule has 1 aliphatic carbocycles. The number of amides is 1. The fourth-order valence-corrected chi connectivity index (χ4v) is 3.85. The molecule has 2 saturated heterocycles. The molecule has 0 radical (unpaired) electrons. The Hall–Kier alpha value is -1.21. The summed E-state index contributed by atoms with van der Waals surface area (Å²) >= 11 is 0. The second-order valence-corrected chi connectivity index (χ2v) is 5.64. The van der Waals surface area contributed by atoms with Gasteiger partial charge in [-0.3, -0.25) is 9.63 Å². The minimum absolute atomic E-state index is 0.342. The number of fused-ring (bicyclic) bond motifs is 1. The first-order chi connectivity index (χ1) is 9.44. The Morgan fingerprint density at radius 3 is 2.75 bits per heavy atom. The molecule has 0 aromatic heterocycles. The van der Waals surface area contributed by atoms with Crippen molar-refractivity contribution in [3.05, 3.63) is 24.3 Å². The van der Waals surface area contributed by atoms with Crippen LogP contribution in [0, 0.1) is 11.3 Å². The Labute approximate surface area is 117 Å². The van der Waals surface area contributed by atoms with Gasteiger partial charge in [0.1, 0.15) is 17.6 Å². The van der Waals surface area contributed by atoms with Gasteiger partial charge in [-0.1, -0.05) is 24.3 Å². The third kappa shape index (κ3) is 1.25. The minimum Gasteiger partial charge on any atom is -0.387 e. The number of carbonyl (C=O) groups excluding carboxylic acids is 1. The summed E-state index contributed by atoms with van der Waals surface area (Å²) in [5.74, 6) is -0.692. The number of rotatable bonds is 2. The molecule has 20 heavy (non-hydrogen) atoms. The molecule has 2 N–H and O–H groups in total. The number of aliphatic hydroxyl groups is 2. The topological polar surface area (TPSA) is 79.2 Å². The Kier molecular flexibility index (Phi) is 2.85. The zero-order valence-electron chi connectivity index (χ0n) is 11.7. The van der Waals surface area contributed by atoms with Crippen molar-refractivity contribution in [2.45, 2.75) is 37.9 Å². The van der Waals surface area contributed by atoms with Gasteiger partial charge in [0, 0.05) is 5.92 Å². The highest BCUT2D eigenvalue weighted by molar-refractivity contribution is 5.89. The lowest BCUT2D eigenvalue weighted by Gasteiger charge is -2.44. The molecule has 0 saturated carbocycles. The van der Waals surface area contributed by atoms with E-state index in [2.05, 4.69) is 0 Å². The summed E-state index contributed by atoms with van der Waals surface area (Å²) in [5, 5.41) is 21.9. The van der Waals surface area contributed by atoms with Crippen LogP contribution in [0.4, 0.5) is 0 Å². The van der Waals surface area contributed by atoms with E-state index in [1.807, 2.05) is 19.1 Å². The van der Waals surface area contributed by atoms with Crippen LogP contribution in [0.25, 0.3) is 0 Å². The van der Waals surface area contributed by atoms with Crippen LogP contribution in [-0.4, -0.2) is 52.3 Å². The second kappa shape index (κ2) is 4.14. The number of aliphatic hydroxyl groups excluding tert-OH is 2. The lowest BCUT2D eigenvalue weighted by atomic mass is 9.64. The molecule has 1 amide bonds. The van der Waals surface area contributed by atoms with E-state index in [1.165, 1.54) is 7.11 Å². The van der Waals surface area contributed by atoms with Gasteiger partial charge in [-0.05, 0) is 13.8 Å². The van der Waals surface area contributed by atoms with Crippen molar-refractivity contribution in [2.75, 3.05) is 7.11 Å². The molecule has 2 aliphatic heterocycles. The summed E-state index contributed by atoms with van der Waals surface area (Å²) in [4.78, 5) is 17.9. The molecule has 110 valence electrons. The van der Waals surface area contributed by atoms with E-state index in [-0.39, 0.29) is 11.8 Å². The molecule has 1 spiro atoms. The van der Waals surface area contributed by atoms with Crippen molar-refractivity contribution in [1.82, 2.24) is 5.06 Å². The Morgan fingerprint density at radius 1 is 1.45 bits per heavy atom. The average molecular weight is 281 g/mol. The fraction of sp³-hybridized carbons (Fsp3) is 0.643. The molecule has 0 aromatic carbocycles. The van der Waals surface area contributed by atoms with Gasteiger partial charge in [0.25, 0.3) is 5.91 Å². The average Bonchev–Trinajstić information content (AvgIpc) is 2.74. The minimum atomic E-state index is -1.27. The number of hydroxylamine groups is 2. The summed E-state index contributed by atoms with van der Waals surface area (Å²) in [5.41, 5.74) is -2.51. The number of hydrogen-bond donors (Lipinski definition) is 2. The highest BCUT2D eigenvalue weighted by Gasteiger charge is 2.79. The number of allylic oxidation sites excluding steroid dienone is 3. The number of carbonyl (C=O) groups is 1. The predicted octanol–water partition coefficient (Wildman–Crippen LogP) is -0.0247. The van der Waals surface area contributed by atoms with Crippen LogP contribution in [0.15, 0.2) is 24.3 Å². The monoisotopic (exact) mass is 281 g/mol. The molecule has 2 fully saturated rings. The van der Waals surface area contributed by atoms with E-state index < -0.39 is 29.5 Å². The van der Waals surface area contributed by atoms with Crippen molar-refractivity contribution < 1.29 is 24.6 Å². The number of hydrogen-bond acceptors (Lipinski definition) is 5. The van der Waals surface area contributed by atoms with Crippen LogP contribution in [0.5, 0.6) is 0 Å². The maximum Gasteiger partial charge on any atom is 0.261 e. The van der Waals surface area contributed by atoms with Crippen molar-refractivity contribution in [2.24, 2.45) is 11.3 Å². The quantitative estimate of drug-likeness (QED) is 0.695. The Balaban J connectivity index is 2.19. The molecule has 2 bridgehead atoms. The molecular weight excluding hydrogens is 262 g/mol. The van der Waals surface area contributed by atoms with Gasteiger partial charge >= 0.3 is 0 Å². The van der Waals surface area contributed by atoms with Gasteiger partial charge in [0.05, 0.1) is 13.2 Å². The zero-order chi connectivity index (χ0) is 14.7. The van der Waals surface area contributed by atoms with Crippen molar-refractivity contribution in [1.29, 1.82) is 0 Å². The largest absolute Gasteiger partial charge is 0.387 e. The summed E-state index contributed by atoms with van der Waals surface area (Å²) in [7, 11) is 1.37. The van der Waals surface area contributed by atoms with Gasteiger partial charge in [0.15, 0.2) is 5.72 Å². The summed E-state index contributed by atoms with van der Waals surface area (Å²) < 4.78 is 5.81. The third-order valence-corrected chi connectivity index (χ3v) is 4.71. The van der Waals surface area contributed by atoms with E-state index in [0.717, 1.165) is 5.06 Å². The van der Waals surface area contributed by atoms with Crippen molar-refractivity contribution >= 4 is 5.91 Å². The maximum atomic E-state index is 12.8. The molecule has 6 nitrogen and oxygen atoms in total. The van der Waals surface area contributed by atoms with Crippen LogP contribution < -0.4 is 0 Å². The normalized spacial score (nSPS) is 50.2. The third-order valence-electron chi connectivity index (χ3n) is 4.71. The molecule has 0 unspecified atom stereocenters. The smallest absolute Gasteiger partial charge is 0.261 e. The molecule has 6 heteroatoms. The van der Waals surface area contributed by atoms with E-state index in [9.17, 15) is 15.0 Å². The highest BCUT2D eigenvalue weighted by Crippen LogP contribution is 2.60. The van der Waals surface area contributed by atoms with Crippen LogP contribution in [0.1, 0.15) is 13.8 Å². The van der Waals surface area contributed by atoms with Crippen molar-refractivity contribution in [3.8, 4) is 0 Å². The summed E-state index contributed by atoms with van der Waals surface area (Å²) in [6, 6.07) is 0. The molecule has 3 aliphatic rings. The van der Waals surface area contributed by atoms with E-state index in [4.69, 9.17) is 9.57 Å². The zero-order valence-corrected chi connectivity index (χ0v) is 11.7. The van der Waals surface area contributed by atoms with Gasteiger partial charge < -0.3 is 14.9 Å². The Bertz CT molecular complexity index is 504. The van der Waals surface area contributed by atoms with Gasteiger partial charge in [0.2, 0.25) is 0 Å². The van der Waals surface area contributed by atoms with Gasteiger partial charge in [-0.15, -0.1) is 0 Å². The highest BCUT2D eigenvalue weighted by atomic mass is 16.7. The fourth-order valence-electron chi connectivity index (χ4n) is 3.85. The first kappa shape index (κ1) is 13.8. The maximum absolute atomic E-state index is 12.8. The molecule has 6 atom stereocenters. The van der Waals surface area contributed by atoms with E-state index in [0.29, 0.717) is 0 Å². The molecule has 0 aromatic rings. The van der Waals surface area contributed by atoms with E-state index in [1.54, 1.807) is 19.1 Å². The molecular formula is C14H19NO5. The van der Waals surface area contributed by atoms with Crippen LogP contribution in [0.2, 0.25) is 0 Å². The molecule has 3 rings (SSSR count). The first-order valence-corrected chi connectivity index (χ1v) is 6.68. The lowest BCUT2D eigenvalue weighted by Crippen LogP contribution is -2.59. The van der Waals surface area contributed by atoms with E-state index >= 15 is 0 Å². The summed E-state index contributed by atoms with van der Waals surface area (Å²) in [6.45, 7) is 3.45.